The van der Waals surface area contributed by atoms with Gasteiger partial charge in [0.2, 0.25) is 0 Å². The van der Waals surface area contributed by atoms with E-state index in [1.54, 1.807) is 0 Å². The van der Waals surface area contributed by atoms with Crippen LogP contribution in [0.2, 0.25) is 0 Å². The first-order chi connectivity index (χ1) is 9.17. The predicted molar refractivity (Wildman–Crippen MR) is 81.5 cm³/mol. The Kier molecular flexibility index (Phi) is 4.81. The minimum atomic E-state index is 0.237. The zero-order chi connectivity index (χ0) is 13.8. The molecule has 2 N–H and O–H groups in total. The maximum Gasteiger partial charge on any atom is 0.132 e. The van der Waals surface area contributed by atoms with E-state index in [1.165, 1.54) is 30.6 Å². The lowest BCUT2D eigenvalue weighted by molar-refractivity contribution is 0.606. The van der Waals surface area contributed by atoms with Crippen molar-refractivity contribution in [1.82, 2.24) is 4.98 Å². The van der Waals surface area contributed by atoms with Gasteiger partial charge in [0.1, 0.15) is 5.82 Å². The average molecular weight is 261 g/mol. The van der Waals surface area contributed by atoms with Crippen molar-refractivity contribution in [2.75, 3.05) is 4.90 Å². The Morgan fingerprint density at radius 2 is 2.21 bits per heavy atom. The largest absolute Gasteiger partial charge is 0.351 e. The van der Waals surface area contributed by atoms with Crippen molar-refractivity contribution in [1.29, 1.82) is 0 Å². The third-order valence-electron chi connectivity index (χ3n) is 4.38. The number of nitrogens with two attached hydrogens (primary N) is 1. The summed E-state index contributed by atoms with van der Waals surface area (Å²) in [6.07, 6.45) is 7.61. The zero-order valence-electron chi connectivity index (χ0n) is 12.5. The van der Waals surface area contributed by atoms with Crippen LogP contribution in [-0.2, 0) is 6.42 Å². The number of rotatable bonds is 5. The van der Waals surface area contributed by atoms with E-state index in [-0.39, 0.29) is 6.04 Å². The minimum Gasteiger partial charge on any atom is -0.351 e. The highest BCUT2D eigenvalue weighted by atomic mass is 15.3. The molecule has 1 saturated heterocycles. The van der Waals surface area contributed by atoms with Crippen molar-refractivity contribution in [3.05, 3.63) is 23.9 Å². The van der Waals surface area contributed by atoms with Gasteiger partial charge in [-0.2, -0.15) is 0 Å². The summed E-state index contributed by atoms with van der Waals surface area (Å²) in [5.41, 5.74) is 7.44. The van der Waals surface area contributed by atoms with Gasteiger partial charge in [-0.25, -0.2) is 4.98 Å². The van der Waals surface area contributed by atoms with Crippen LogP contribution in [-0.4, -0.2) is 23.1 Å². The van der Waals surface area contributed by atoms with E-state index in [2.05, 4.69) is 36.7 Å². The Bertz CT molecular complexity index is 405. The van der Waals surface area contributed by atoms with Crippen LogP contribution >= 0.6 is 0 Å². The SMILES string of the molecule is CCC(N)Cc1cccnc1N1C(C)CCC1CC. The molecular weight excluding hydrogens is 234 g/mol. The molecule has 0 aromatic carbocycles. The van der Waals surface area contributed by atoms with Gasteiger partial charge in [-0.3, -0.25) is 0 Å². The highest BCUT2D eigenvalue weighted by molar-refractivity contribution is 5.50. The van der Waals surface area contributed by atoms with E-state index >= 15 is 0 Å². The fourth-order valence-electron chi connectivity index (χ4n) is 3.10. The second kappa shape index (κ2) is 6.38. The molecule has 19 heavy (non-hydrogen) atoms. The lowest BCUT2D eigenvalue weighted by atomic mass is 10.0. The maximum absolute atomic E-state index is 6.13. The van der Waals surface area contributed by atoms with Crippen molar-refractivity contribution in [3.63, 3.8) is 0 Å². The fourth-order valence-corrected chi connectivity index (χ4v) is 3.10. The quantitative estimate of drug-likeness (QED) is 0.885. The van der Waals surface area contributed by atoms with Crippen LogP contribution in [0.3, 0.4) is 0 Å². The van der Waals surface area contributed by atoms with Crippen molar-refractivity contribution >= 4 is 5.82 Å². The van der Waals surface area contributed by atoms with Gasteiger partial charge < -0.3 is 10.6 Å². The second-order valence-corrected chi connectivity index (χ2v) is 5.75. The van der Waals surface area contributed by atoms with Crippen LogP contribution in [0, 0.1) is 0 Å². The zero-order valence-corrected chi connectivity index (χ0v) is 12.5. The molecule has 0 radical (unpaired) electrons. The predicted octanol–water partition coefficient (Wildman–Crippen LogP) is 3.13. The molecule has 3 heteroatoms. The minimum absolute atomic E-state index is 0.237. The summed E-state index contributed by atoms with van der Waals surface area (Å²) in [6, 6.07) is 5.69. The molecule has 1 fully saturated rings. The number of hydrogen-bond acceptors (Lipinski definition) is 3. The number of pyridine rings is 1. The van der Waals surface area contributed by atoms with Gasteiger partial charge >= 0.3 is 0 Å². The van der Waals surface area contributed by atoms with E-state index in [1.807, 2.05) is 12.3 Å². The number of aromatic nitrogens is 1. The molecule has 3 atom stereocenters. The average Bonchev–Trinajstić information content (AvgIpc) is 2.80. The number of hydrogen-bond donors (Lipinski definition) is 1. The number of nitrogens with zero attached hydrogens (tertiary/aromatic N) is 2. The Balaban J connectivity index is 2.28. The summed E-state index contributed by atoms with van der Waals surface area (Å²) in [6.45, 7) is 6.73. The molecule has 2 rings (SSSR count). The Morgan fingerprint density at radius 3 is 2.89 bits per heavy atom. The molecule has 0 amide bonds. The van der Waals surface area contributed by atoms with E-state index in [0.717, 1.165) is 12.8 Å². The highest BCUT2D eigenvalue weighted by Crippen LogP contribution is 2.33. The molecule has 0 saturated carbocycles. The summed E-state index contributed by atoms with van der Waals surface area (Å²) in [7, 11) is 0. The molecule has 0 spiro atoms. The summed E-state index contributed by atoms with van der Waals surface area (Å²) in [5.74, 6) is 1.17. The van der Waals surface area contributed by atoms with Crippen molar-refractivity contribution < 1.29 is 0 Å². The topological polar surface area (TPSA) is 42.1 Å². The summed E-state index contributed by atoms with van der Waals surface area (Å²) in [5, 5.41) is 0. The monoisotopic (exact) mass is 261 g/mol. The first kappa shape index (κ1) is 14.3. The Labute approximate surface area is 117 Å². The molecule has 0 aliphatic carbocycles. The molecule has 1 aromatic heterocycles. The first-order valence-electron chi connectivity index (χ1n) is 7.65. The molecule has 106 valence electrons. The Hall–Kier alpha value is -1.09. The lowest BCUT2D eigenvalue weighted by Gasteiger charge is -2.31. The van der Waals surface area contributed by atoms with Gasteiger partial charge in [0.05, 0.1) is 0 Å². The molecule has 0 bridgehead atoms. The molecule has 2 heterocycles. The van der Waals surface area contributed by atoms with E-state index < -0.39 is 0 Å². The van der Waals surface area contributed by atoms with Gasteiger partial charge in [0.25, 0.3) is 0 Å². The first-order valence-corrected chi connectivity index (χ1v) is 7.65. The van der Waals surface area contributed by atoms with Gasteiger partial charge in [-0.1, -0.05) is 19.9 Å². The molecule has 1 aromatic rings. The number of anilines is 1. The maximum atomic E-state index is 6.13. The van der Waals surface area contributed by atoms with Crippen LogP contribution in [0.15, 0.2) is 18.3 Å². The van der Waals surface area contributed by atoms with Crippen molar-refractivity contribution in [2.24, 2.45) is 5.73 Å². The molecule has 1 aliphatic rings. The van der Waals surface area contributed by atoms with Crippen LogP contribution in [0.25, 0.3) is 0 Å². The van der Waals surface area contributed by atoms with Crippen LogP contribution < -0.4 is 10.6 Å². The molecular formula is C16H27N3. The van der Waals surface area contributed by atoms with Crippen LogP contribution in [0.5, 0.6) is 0 Å². The fraction of sp³-hybridized carbons (Fsp3) is 0.688. The second-order valence-electron chi connectivity index (χ2n) is 5.75. The van der Waals surface area contributed by atoms with Gasteiger partial charge in [0.15, 0.2) is 0 Å². The van der Waals surface area contributed by atoms with Crippen LogP contribution in [0.1, 0.15) is 52.0 Å². The highest BCUT2D eigenvalue weighted by Gasteiger charge is 2.31. The summed E-state index contributed by atoms with van der Waals surface area (Å²) >= 11 is 0. The molecule has 1 aliphatic heterocycles. The van der Waals surface area contributed by atoms with Gasteiger partial charge in [0, 0.05) is 24.3 Å². The van der Waals surface area contributed by atoms with Crippen molar-refractivity contribution in [3.8, 4) is 0 Å². The third kappa shape index (κ3) is 3.08. The normalized spacial score (nSPS) is 24.7. The van der Waals surface area contributed by atoms with Crippen LogP contribution in [0.4, 0.5) is 5.82 Å². The molecule has 3 unspecified atom stereocenters. The summed E-state index contributed by atoms with van der Waals surface area (Å²) < 4.78 is 0. The van der Waals surface area contributed by atoms with E-state index in [4.69, 9.17) is 5.73 Å². The van der Waals surface area contributed by atoms with E-state index in [9.17, 15) is 0 Å². The molecule has 3 nitrogen and oxygen atoms in total. The van der Waals surface area contributed by atoms with Crippen molar-refractivity contribution in [2.45, 2.75) is 71.0 Å². The summed E-state index contributed by atoms with van der Waals surface area (Å²) in [4.78, 5) is 7.19. The third-order valence-corrected chi connectivity index (χ3v) is 4.38. The van der Waals surface area contributed by atoms with Gasteiger partial charge in [-0.15, -0.1) is 0 Å². The van der Waals surface area contributed by atoms with Gasteiger partial charge in [-0.05, 0) is 50.7 Å². The smallest absolute Gasteiger partial charge is 0.132 e. The Morgan fingerprint density at radius 1 is 1.42 bits per heavy atom. The lowest BCUT2D eigenvalue weighted by Crippen LogP contribution is -2.36. The standard InChI is InChI=1S/C16H27N3/c1-4-14(17)11-13-7-6-10-18-16(13)19-12(3)8-9-15(19)5-2/h6-7,10,12,14-15H,4-5,8-9,11,17H2,1-3H3. The van der Waals surface area contributed by atoms with E-state index in [0.29, 0.717) is 12.1 Å².